The van der Waals surface area contributed by atoms with E-state index < -0.39 is 17.6 Å². The van der Waals surface area contributed by atoms with Crippen LogP contribution in [-0.2, 0) is 11.7 Å². The summed E-state index contributed by atoms with van der Waals surface area (Å²) >= 11 is 0. The van der Waals surface area contributed by atoms with Crippen LogP contribution < -0.4 is 5.32 Å². The Morgan fingerprint density at radius 1 is 1.25 bits per heavy atom. The molecule has 1 N–H and O–H groups in total. The Bertz CT molecular complexity index is 407. The van der Waals surface area contributed by atoms with Gasteiger partial charge in [0, 0.05) is 5.54 Å². The van der Waals surface area contributed by atoms with Gasteiger partial charge in [0.2, 0.25) is 0 Å². The highest BCUT2D eigenvalue weighted by molar-refractivity contribution is 5.34. The topological polar surface area (TPSA) is 12.0 Å². The Morgan fingerprint density at radius 3 is 2.25 bits per heavy atom. The number of nitrogens with one attached hydrogen (secondary N) is 1. The van der Waals surface area contributed by atoms with E-state index in [9.17, 15) is 17.6 Å². The molecule has 0 aliphatic heterocycles. The number of halogens is 4. The first-order valence-corrected chi connectivity index (χ1v) is 4.95. The van der Waals surface area contributed by atoms with Gasteiger partial charge < -0.3 is 5.32 Å². The van der Waals surface area contributed by atoms with E-state index in [1.807, 2.05) is 0 Å². The van der Waals surface area contributed by atoms with E-state index in [1.165, 1.54) is 6.07 Å². The highest BCUT2D eigenvalue weighted by atomic mass is 19.4. The van der Waals surface area contributed by atoms with E-state index in [0.29, 0.717) is 5.56 Å². The lowest BCUT2D eigenvalue weighted by Gasteiger charge is -2.16. The van der Waals surface area contributed by atoms with Gasteiger partial charge in [-0.2, -0.15) is 13.2 Å². The van der Waals surface area contributed by atoms with Gasteiger partial charge >= 0.3 is 6.18 Å². The standard InChI is InChI=1S/C11H11F4N/c1-16-10(4-5-10)7-2-3-8(9(12)6-7)11(13,14)15/h2-3,6,16H,4-5H2,1H3. The van der Waals surface area contributed by atoms with Crippen molar-refractivity contribution in [3.63, 3.8) is 0 Å². The maximum atomic E-state index is 13.3. The van der Waals surface area contributed by atoms with Crippen molar-refractivity contribution >= 4 is 0 Å². The van der Waals surface area contributed by atoms with Crippen molar-refractivity contribution in [2.24, 2.45) is 0 Å². The van der Waals surface area contributed by atoms with E-state index in [4.69, 9.17) is 0 Å². The third kappa shape index (κ3) is 1.80. The average molecular weight is 233 g/mol. The van der Waals surface area contributed by atoms with Gasteiger partial charge in [0.15, 0.2) is 0 Å². The molecule has 1 aliphatic carbocycles. The van der Waals surface area contributed by atoms with Gasteiger partial charge in [0.05, 0.1) is 5.56 Å². The summed E-state index contributed by atoms with van der Waals surface area (Å²) in [4.78, 5) is 0. The van der Waals surface area contributed by atoms with Gasteiger partial charge in [-0.1, -0.05) is 6.07 Å². The quantitative estimate of drug-likeness (QED) is 0.774. The lowest BCUT2D eigenvalue weighted by Crippen LogP contribution is -2.25. The lowest BCUT2D eigenvalue weighted by molar-refractivity contribution is -0.140. The van der Waals surface area contributed by atoms with Crippen molar-refractivity contribution in [3.05, 3.63) is 35.1 Å². The van der Waals surface area contributed by atoms with Gasteiger partial charge in [-0.05, 0) is 37.6 Å². The highest BCUT2D eigenvalue weighted by Gasteiger charge is 2.44. The predicted octanol–water partition coefficient (Wildman–Crippen LogP) is 3.05. The summed E-state index contributed by atoms with van der Waals surface area (Å²) < 4.78 is 50.2. The van der Waals surface area contributed by atoms with Crippen molar-refractivity contribution in [2.45, 2.75) is 24.6 Å². The second-order valence-electron chi connectivity index (χ2n) is 4.02. The number of hydrogen-bond acceptors (Lipinski definition) is 1. The molecular weight excluding hydrogens is 222 g/mol. The first-order chi connectivity index (χ1) is 7.39. The van der Waals surface area contributed by atoms with Crippen LogP contribution in [0.25, 0.3) is 0 Å². The minimum atomic E-state index is -4.63. The minimum Gasteiger partial charge on any atom is -0.310 e. The normalized spacial score (nSPS) is 18.6. The van der Waals surface area contributed by atoms with Gasteiger partial charge in [0.25, 0.3) is 0 Å². The summed E-state index contributed by atoms with van der Waals surface area (Å²) in [6.07, 6.45) is -2.97. The third-order valence-corrected chi connectivity index (χ3v) is 3.06. The van der Waals surface area contributed by atoms with Gasteiger partial charge in [0.1, 0.15) is 5.82 Å². The average Bonchev–Trinajstić information content (AvgIpc) is 2.96. The van der Waals surface area contributed by atoms with Crippen molar-refractivity contribution in [1.82, 2.24) is 5.32 Å². The SMILES string of the molecule is CNC1(c2ccc(C(F)(F)F)c(F)c2)CC1. The Hall–Kier alpha value is -1.10. The second-order valence-corrected chi connectivity index (χ2v) is 4.02. The summed E-state index contributed by atoms with van der Waals surface area (Å²) in [7, 11) is 1.72. The number of hydrogen-bond donors (Lipinski definition) is 1. The van der Waals surface area contributed by atoms with Crippen molar-refractivity contribution < 1.29 is 17.6 Å². The number of rotatable bonds is 2. The van der Waals surface area contributed by atoms with E-state index in [-0.39, 0.29) is 5.54 Å². The van der Waals surface area contributed by atoms with Gasteiger partial charge in [-0.3, -0.25) is 0 Å². The van der Waals surface area contributed by atoms with Crippen LogP contribution in [0, 0.1) is 5.82 Å². The number of alkyl halides is 3. The van der Waals surface area contributed by atoms with Crippen molar-refractivity contribution in [2.75, 3.05) is 7.05 Å². The minimum absolute atomic E-state index is 0.315. The summed E-state index contributed by atoms with van der Waals surface area (Å²) in [5.41, 5.74) is -0.936. The van der Waals surface area contributed by atoms with Crippen LogP contribution in [0.3, 0.4) is 0 Å². The summed E-state index contributed by atoms with van der Waals surface area (Å²) in [5, 5.41) is 3.01. The van der Waals surface area contributed by atoms with Crippen LogP contribution in [-0.4, -0.2) is 7.05 Å². The van der Waals surface area contributed by atoms with Gasteiger partial charge in [-0.25, -0.2) is 4.39 Å². The maximum Gasteiger partial charge on any atom is 0.419 e. The Labute approximate surface area is 90.5 Å². The zero-order valence-corrected chi connectivity index (χ0v) is 8.66. The monoisotopic (exact) mass is 233 g/mol. The molecule has 16 heavy (non-hydrogen) atoms. The fraction of sp³-hybridized carbons (Fsp3) is 0.455. The summed E-state index contributed by atoms with van der Waals surface area (Å²) in [5.74, 6) is -1.20. The fourth-order valence-electron chi connectivity index (χ4n) is 1.85. The molecule has 88 valence electrons. The molecule has 0 atom stereocenters. The molecule has 0 amide bonds. The summed E-state index contributed by atoms with van der Waals surface area (Å²) in [6.45, 7) is 0. The van der Waals surface area contributed by atoms with Crippen LogP contribution in [0.4, 0.5) is 17.6 Å². The van der Waals surface area contributed by atoms with Crippen LogP contribution >= 0.6 is 0 Å². The Balaban J connectivity index is 2.37. The Morgan fingerprint density at radius 2 is 1.88 bits per heavy atom. The molecule has 1 aliphatic rings. The second kappa shape index (κ2) is 3.45. The molecule has 2 rings (SSSR count). The van der Waals surface area contributed by atoms with Crippen LogP contribution in [0.15, 0.2) is 18.2 Å². The van der Waals surface area contributed by atoms with Crippen molar-refractivity contribution in [3.8, 4) is 0 Å². The molecule has 1 aromatic rings. The van der Waals surface area contributed by atoms with Crippen LogP contribution in [0.1, 0.15) is 24.0 Å². The molecule has 0 heterocycles. The highest BCUT2D eigenvalue weighted by Crippen LogP contribution is 2.46. The molecule has 5 heteroatoms. The Kier molecular flexibility index (Phi) is 2.45. The maximum absolute atomic E-state index is 13.3. The molecule has 0 unspecified atom stereocenters. The first kappa shape index (κ1) is 11.4. The number of benzene rings is 1. The van der Waals surface area contributed by atoms with E-state index >= 15 is 0 Å². The molecule has 0 saturated heterocycles. The molecule has 1 saturated carbocycles. The van der Waals surface area contributed by atoms with E-state index in [2.05, 4.69) is 5.32 Å². The van der Waals surface area contributed by atoms with E-state index in [1.54, 1.807) is 7.05 Å². The third-order valence-electron chi connectivity index (χ3n) is 3.06. The van der Waals surface area contributed by atoms with Crippen LogP contribution in [0.2, 0.25) is 0 Å². The molecule has 1 aromatic carbocycles. The van der Waals surface area contributed by atoms with Crippen molar-refractivity contribution in [1.29, 1.82) is 0 Å². The molecule has 0 spiro atoms. The summed E-state index contributed by atoms with van der Waals surface area (Å²) in [6, 6.07) is 3.13. The molecule has 1 fully saturated rings. The smallest absolute Gasteiger partial charge is 0.310 e. The largest absolute Gasteiger partial charge is 0.419 e. The van der Waals surface area contributed by atoms with Gasteiger partial charge in [-0.15, -0.1) is 0 Å². The molecule has 0 bridgehead atoms. The van der Waals surface area contributed by atoms with E-state index in [0.717, 1.165) is 25.0 Å². The molecule has 0 radical (unpaired) electrons. The molecule has 1 nitrogen and oxygen atoms in total. The lowest BCUT2D eigenvalue weighted by atomic mass is 10.0. The first-order valence-electron chi connectivity index (χ1n) is 4.95. The van der Waals surface area contributed by atoms with Crippen LogP contribution in [0.5, 0.6) is 0 Å². The predicted molar refractivity (Wildman–Crippen MR) is 51.4 cm³/mol. The zero-order valence-electron chi connectivity index (χ0n) is 8.66. The fourth-order valence-corrected chi connectivity index (χ4v) is 1.85. The zero-order chi connectivity index (χ0) is 12.0. The molecular formula is C11H11F4N. The molecule has 0 aromatic heterocycles.